The zero-order valence-corrected chi connectivity index (χ0v) is 10.8. The van der Waals surface area contributed by atoms with Crippen molar-refractivity contribution in [2.24, 2.45) is 11.8 Å². The van der Waals surface area contributed by atoms with Crippen molar-refractivity contribution in [3.63, 3.8) is 0 Å². The highest BCUT2D eigenvalue weighted by Crippen LogP contribution is 2.27. The van der Waals surface area contributed by atoms with Crippen molar-refractivity contribution in [1.82, 2.24) is 9.97 Å². The van der Waals surface area contributed by atoms with E-state index in [0.29, 0.717) is 11.9 Å². The van der Waals surface area contributed by atoms with Crippen molar-refractivity contribution in [1.29, 1.82) is 0 Å². The molecule has 17 heavy (non-hydrogen) atoms. The topological polar surface area (TPSA) is 67.1 Å². The number of hydrogen-bond acceptors (Lipinski definition) is 5. The molecule has 0 spiro atoms. The summed E-state index contributed by atoms with van der Waals surface area (Å²) in [5.74, 6) is 8.54. The molecule has 1 saturated heterocycles. The summed E-state index contributed by atoms with van der Waals surface area (Å²) in [5.41, 5.74) is 2.60. The number of aryl methyl sites for hydroxylation is 1. The largest absolute Gasteiger partial charge is 0.353 e. The van der Waals surface area contributed by atoms with Gasteiger partial charge in [0, 0.05) is 18.7 Å². The van der Waals surface area contributed by atoms with Gasteiger partial charge in [-0.05, 0) is 32.6 Å². The van der Waals surface area contributed by atoms with Crippen LogP contribution in [0.4, 0.5) is 11.6 Å². The van der Waals surface area contributed by atoms with Crippen molar-refractivity contribution >= 4 is 11.6 Å². The van der Waals surface area contributed by atoms with Gasteiger partial charge in [0.05, 0.1) is 0 Å². The number of aromatic nitrogens is 2. The van der Waals surface area contributed by atoms with Gasteiger partial charge >= 0.3 is 0 Å². The molecule has 94 valence electrons. The van der Waals surface area contributed by atoms with Gasteiger partial charge in [-0.2, -0.15) is 0 Å². The molecule has 0 radical (unpaired) electrons. The molecule has 1 aliphatic rings. The van der Waals surface area contributed by atoms with Gasteiger partial charge in [-0.3, -0.25) is 0 Å². The van der Waals surface area contributed by atoms with Crippen molar-refractivity contribution in [2.45, 2.75) is 39.7 Å². The Kier molecular flexibility index (Phi) is 3.47. The van der Waals surface area contributed by atoms with Crippen LogP contribution >= 0.6 is 0 Å². The van der Waals surface area contributed by atoms with Crippen LogP contribution in [0.1, 0.15) is 32.5 Å². The molecular weight excluding hydrogens is 214 g/mol. The van der Waals surface area contributed by atoms with E-state index in [-0.39, 0.29) is 0 Å². The summed E-state index contributed by atoms with van der Waals surface area (Å²) in [4.78, 5) is 11.1. The first kappa shape index (κ1) is 12.1. The van der Waals surface area contributed by atoms with Gasteiger partial charge < -0.3 is 10.3 Å². The summed E-state index contributed by atoms with van der Waals surface area (Å²) >= 11 is 0. The number of nitrogens with two attached hydrogens (primary N) is 1. The highest BCUT2D eigenvalue weighted by atomic mass is 15.3. The molecule has 2 rings (SSSR count). The Hall–Kier alpha value is -1.36. The Bertz CT molecular complexity index is 392. The molecule has 3 N–H and O–H groups in total. The second-order valence-electron chi connectivity index (χ2n) is 4.99. The van der Waals surface area contributed by atoms with E-state index >= 15 is 0 Å². The van der Waals surface area contributed by atoms with Crippen LogP contribution in [-0.2, 0) is 0 Å². The summed E-state index contributed by atoms with van der Waals surface area (Å²) in [6.07, 6.45) is 2.51. The Morgan fingerprint density at radius 3 is 2.82 bits per heavy atom. The second-order valence-corrected chi connectivity index (χ2v) is 4.99. The Morgan fingerprint density at radius 2 is 2.12 bits per heavy atom. The molecule has 0 aliphatic carbocycles. The molecule has 0 saturated carbocycles. The van der Waals surface area contributed by atoms with E-state index in [2.05, 4.69) is 34.1 Å². The number of nitrogen functional groups attached to an aromatic ring is 1. The molecule has 1 fully saturated rings. The van der Waals surface area contributed by atoms with E-state index in [1.165, 1.54) is 12.8 Å². The first-order valence-electron chi connectivity index (χ1n) is 6.19. The fourth-order valence-electron chi connectivity index (χ4n) is 2.38. The Balaban J connectivity index is 2.28. The molecule has 5 heteroatoms. The van der Waals surface area contributed by atoms with Crippen LogP contribution in [0, 0.1) is 12.8 Å². The number of hydrazine groups is 1. The maximum absolute atomic E-state index is 5.42. The minimum absolute atomic E-state index is 0.533. The van der Waals surface area contributed by atoms with Crippen LogP contribution < -0.4 is 16.2 Å². The number of hydrogen-bond donors (Lipinski definition) is 2. The van der Waals surface area contributed by atoms with E-state index in [1.807, 2.05) is 13.0 Å². The third kappa shape index (κ3) is 2.66. The normalized spacial score (nSPS) is 24.8. The summed E-state index contributed by atoms with van der Waals surface area (Å²) in [5, 5.41) is 0. The summed E-state index contributed by atoms with van der Waals surface area (Å²) < 4.78 is 0. The molecule has 2 atom stereocenters. The number of piperidine rings is 1. The predicted molar refractivity (Wildman–Crippen MR) is 69.8 cm³/mol. The quantitative estimate of drug-likeness (QED) is 0.603. The highest BCUT2D eigenvalue weighted by Gasteiger charge is 2.24. The SMILES string of the molecule is Cc1nc(NN)cc(N2CC(C)CCC2C)n1. The van der Waals surface area contributed by atoms with Crippen LogP contribution in [-0.4, -0.2) is 22.6 Å². The molecule has 0 aromatic carbocycles. The lowest BCUT2D eigenvalue weighted by atomic mass is 9.95. The van der Waals surface area contributed by atoms with E-state index < -0.39 is 0 Å². The maximum Gasteiger partial charge on any atom is 0.145 e. The summed E-state index contributed by atoms with van der Waals surface area (Å²) in [7, 11) is 0. The van der Waals surface area contributed by atoms with E-state index in [9.17, 15) is 0 Å². The third-order valence-electron chi connectivity index (χ3n) is 3.38. The van der Waals surface area contributed by atoms with Crippen LogP contribution in [0.3, 0.4) is 0 Å². The van der Waals surface area contributed by atoms with E-state index in [0.717, 1.165) is 24.1 Å². The first-order chi connectivity index (χ1) is 8.10. The van der Waals surface area contributed by atoms with Gasteiger partial charge in [-0.15, -0.1) is 0 Å². The standard InChI is InChI=1S/C12H21N5/c1-8-4-5-9(2)17(7-8)12-6-11(16-13)14-10(3)15-12/h6,8-9H,4-5,7,13H2,1-3H3,(H,14,15,16). The molecule has 5 nitrogen and oxygen atoms in total. The van der Waals surface area contributed by atoms with Crippen molar-refractivity contribution < 1.29 is 0 Å². The van der Waals surface area contributed by atoms with Crippen molar-refractivity contribution in [3.05, 3.63) is 11.9 Å². The van der Waals surface area contributed by atoms with Crippen LogP contribution in [0.2, 0.25) is 0 Å². The Labute approximate surface area is 102 Å². The molecule has 1 aromatic heterocycles. The molecule has 1 aromatic rings. The van der Waals surface area contributed by atoms with E-state index in [4.69, 9.17) is 5.84 Å². The smallest absolute Gasteiger partial charge is 0.145 e. The molecule has 2 heterocycles. The maximum atomic E-state index is 5.42. The average molecular weight is 235 g/mol. The van der Waals surface area contributed by atoms with Crippen molar-refractivity contribution in [2.75, 3.05) is 16.9 Å². The van der Waals surface area contributed by atoms with Crippen LogP contribution in [0.25, 0.3) is 0 Å². The van der Waals surface area contributed by atoms with E-state index in [1.54, 1.807) is 0 Å². The minimum Gasteiger partial charge on any atom is -0.353 e. The third-order valence-corrected chi connectivity index (χ3v) is 3.38. The van der Waals surface area contributed by atoms with Gasteiger partial charge in [0.15, 0.2) is 0 Å². The van der Waals surface area contributed by atoms with Gasteiger partial charge in [0.1, 0.15) is 17.5 Å². The van der Waals surface area contributed by atoms with Gasteiger partial charge in [-0.25, -0.2) is 15.8 Å². The Morgan fingerprint density at radius 1 is 1.35 bits per heavy atom. The second kappa shape index (κ2) is 4.87. The molecule has 2 unspecified atom stereocenters. The number of nitrogens with one attached hydrogen (secondary N) is 1. The van der Waals surface area contributed by atoms with Gasteiger partial charge in [0.25, 0.3) is 0 Å². The van der Waals surface area contributed by atoms with Crippen molar-refractivity contribution in [3.8, 4) is 0 Å². The fourth-order valence-corrected chi connectivity index (χ4v) is 2.38. The number of rotatable bonds is 2. The summed E-state index contributed by atoms with van der Waals surface area (Å²) in [6, 6.07) is 2.45. The van der Waals surface area contributed by atoms with Gasteiger partial charge in [-0.1, -0.05) is 6.92 Å². The zero-order valence-electron chi connectivity index (χ0n) is 10.8. The molecular formula is C12H21N5. The molecule has 1 aliphatic heterocycles. The highest BCUT2D eigenvalue weighted by molar-refractivity contribution is 5.49. The van der Waals surface area contributed by atoms with Gasteiger partial charge in [0.2, 0.25) is 0 Å². The van der Waals surface area contributed by atoms with Crippen LogP contribution in [0.5, 0.6) is 0 Å². The number of nitrogens with zero attached hydrogens (tertiary/aromatic N) is 3. The lowest BCUT2D eigenvalue weighted by Gasteiger charge is -2.37. The molecule has 0 bridgehead atoms. The predicted octanol–water partition coefficient (Wildman–Crippen LogP) is 1.70. The minimum atomic E-state index is 0.533. The fraction of sp³-hybridized carbons (Fsp3) is 0.667. The lowest BCUT2D eigenvalue weighted by Crippen LogP contribution is -2.41. The zero-order chi connectivity index (χ0) is 12.4. The monoisotopic (exact) mass is 235 g/mol. The average Bonchev–Trinajstić information content (AvgIpc) is 2.31. The molecule has 0 amide bonds. The first-order valence-corrected chi connectivity index (χ1v) is 6.19. The summed E-state index contributed by atoms with van der Waals surface area (Å²) in [6.45, 7) is 7.48. The van der Waals surface area contributed by atoms with Crippen LogP contribution in [0.15, 0.2) is 6.07 Å². The number of anilines is 2. The lowest BCUT2D eigenvalue weighted by molar-refractivity contribution is 0.388.